The van der Waals surface area contributed by atoms with Crippen LogP contribution in [0.3, 0.4) is 0 Å². The number of hydrogen-bond acceptors (Lipinski definition) is 14. The number of aromatic carboxylic acids is 1. The lowest BCUT2D eigenvalue weighted by Crippen LogP contribution is -2.23. The summed E-state index contributed by atoms with van der Waals surface area (Å²) in [7, 11) is 0.722. The molecule has 17 nitrogen and oxygen atoms in total. The van der Waals surface area contributed by atoms with Gasteiger partial charge in [0, 0.05) is 92.3 Å². The van der Waals surface area contributed by atoms with Crippen LogP contribution >= 0.6 is 23.5 Å². The highest BCUT2D eigenvalue weighted by molar-refractivity contribution is 7.98. The number of rotatable bonds is 29. The number of carboxylic acids is 1. The first-order valence-electron chi connectivity index (χ1n) is 22.3. The zero-order chi connectivity index (χ0) is 50.9. The molecule has 0 aliphatic heterocycles. The standard InChI is InChI=1S/C24H33N3O5SSi.C19H21N3O5S.C5H14OSi/c1-29-18-32-22-12-11-21(30-14-8-13-26-27-25)20(17-33-19-9-6-5-7-10-19)23(22)24(28)31-15-16-34(2,3)4;1-25-13-27-17-9-8-16(26-11-5-10-21-22-20)15(18(17)19(23)24)12-28-14-6-3-2-4-7-14;1-7(2,3)5-4-6/h5-7,9-12H,8,13-18H2,1-4H3;2-4,6-9H,5,10-13H2,1H3,(H,23,24);6H,4-5H2,1-3H3. The molecule has 4 aromatic rings. The smallest absolute Gasteiger partial charge is 0.342 e. The van der Waals surface area contributed by atoms with E-state index in [4.69, 9.17) is 49.3 Å². The van der Waals surface area contributed by atoms with Gasteiger partial charge in [-0.15, -0.1) is 23.5 Å². The van der Waals surface area contributed by atoms with Crippen molar-refractivity contribution in [3.8, 4) is 23.0 Å². The first-order valence-corrected chi connectivity index (χ1v) is 31.7. The van der Waals surface area contributed by atoms with Gasteiger partial charge in [0.05, 0.1) is 19.8 Å². The Bertz CT molecular complexity index is 2230. The minimum atomic E-state index is -1.36. The second-order valence-corrected chi connectivity index (χ2v) is 30.6. The number of benzene rings is 4. The van der Waals surface area contributed by atoms with Crippen molar-refractivity contribution in [2.24, 2.45) is 10.2 Å². The number of hydrogen-bond donors (Lipinski definition) is 2. The van der Waals surface area contributed by atoms with Crippen LogP contribution in [0.4, 0.5) is 0 Å². The second-order valence-electron chi connectivity index (χ2n) is 17.2. The predicted octanol–water partition coefficient (Wildman–Crippen LogP) is 12.6. The van der Waals surface area contributed by atoms with Crippen molar-refractivity contribution in [3.05, 3.63) is 128 Å². The van der Waals surface area contributed by atoms with Crippen molar-refractivity contribution < 1.29 is 53.0 Å². The summed E-state index contributed by atoms with van der Waals surface area (Å²) in [5.41, 5.74) is 18.4. The molecule has 0 aliphatic rings. The van der Waals surface area contributed by atoms with E-state index in [0.717, 1.165) is 21.9 Å². The van der Waals surface area contributed by atoms with E-state index in [1.165, 1.54) is 26.0 Å². The minimum Gasteiger partial charge on any atom is -0.493 e. The van der Waals surface area contributed by atoms with E-state index in [1.807, 2.05) is 60.7 Å². The highest BCUT2D eigenvalue weighted by atomic mass is 32.2. The van der Waals surface area contributed by atoms with Crippen LogP contribution in [0.15, 0.2) is 105 Å². The molecular formula is C48H68N6O11S2Si2. The van der Waals surface area contributed by atoms with Gasteiger partial charge in [-0.05, 0) is 84.5 Å². The van der Waals surface area contributed by atoms with Gasteiger partial charge in [-0.1, -0.05) is 85.9 Å². The Morgan fingerprint density at radius 3 is 1.39 bits per heavy atom. The summed E-state index contributed by atoms with van der Waals surface area (Å²) in [5.74, 6) is 0.990. The second kappa shape index (κ2) is 34.0. The maximum Gasteiger partial charge on any atom is 0.342 e. The average molecular weight is 1030 g/mol. The molecule has 0 aromatic heterocycles. The molecule has 0 saturated carbocycles. The van der Waals surface area contributed by atoms with Crippen molar-refractivity contribution in [1.82, 2.24) is 0 Å². The molecule has 21 heteroatoms. The normalized spacial score (nSPS) is 10.7. The highest BCUT2D eigenvalue weighted by Gasteiger charge is 2.25. The lowest BCUT2D eigenvalue weighted by atomic mass is 10.1. The first kappa shape index (κ1) is 59.8. The third kappa shape index (κ3) is 25.2. The third-order valence-corrected chi connectivity index (χ3v) is 14.7. The number of nitrogens with zero attached hydrogens (tertiary/aromatic N) is 6. The number of carbonyl (C=O) groups excluding carboxylic acids is 1. The summed E-state index contributed by atoms with van der Waals surface area (Å²) in [5, 5.41) is 25.2. The quantitative estimate of drug-likeness (QED) is 0.00753. The number of methoxy groups -OCH3 is 2. The van der Waals surface area contributed by atoms with Gasteiger partial charge >= 0.3 is 11.9 Å². The topological polar surface area (TPSA) is 237 Å². The summed E-state index contributed by atoms with van der Waals surface area (Å²) < 4.78 is 38.6. The van der Waals surface area contributed by atoms with Crippen LogP contribution in [0.1, 0.15) is 44.7 Å². The number of azide groups is 2. The first-order chi connectivity index (χ1) is 33.1. The molecule has 69 heavy (non-hydrogen) atoms. The van der Waals surface area contributed by atoms with Gasteiger partial charge in [0.15, 0.2) is 13.6 Å². The van der Waals surface area contributed by atoms with Crippen LogP contribution in [-0.4, -0.2) is 106 Å². The monoisotopic (exact) mass is 1020 g/mol. The summed E-state index contributed by atoms with van der Waals surface area (Å²) in [6.45, 7) is 15.5. The van der Waals surface area contributed by atoms with Crippen LogP contribution < -0.4 is 18.9 Å². The van der Waals surface area contributed by atoms with Crippen LogP contribution in [-0.2, 0) is 25.7 Å². The summed E-state index contributed by atoms with van der Waals surface area (Å²) in [4.78, 5) is 32.7. The number of ether oxygens (including phenoxy) is 7. The van der Waals surface area contributed by atoms with Crippen LogP contribution in [0.5, 0.6) is 23.0 Å². The molecule has 376 valence electrons. The molecule has 4 rings (SSSR count). The fourth-order valence-corrected chi connectivity index (χ4v) is 8.92. The molecule has 2 N–H and O–H groups in total. The van der Waals surface area contributed by atoms with E-state index in [2.05, 4.69) is 59.3 Å². The Kier molecular flexibility index (Phi) is 29.5. The molecule has 0 heterocycles. The maximum atomic E-state index is 13.3. The molecule has 4 aromatic carbocycles. The Morgan fingerprint density at radius 1 is 0.594 bits per heavy atom. The summed E-state index contributed by atoms with van der Waals surface area (Å²) in [6, 6.07) is 28.3. The fraction of sp³-hybridized carbons (Fsp3) is 0.458. The van der Waals surface area contributed by atoms with E-state index in [0.29, 0.717) is 97.8 Å². The van der Waals surface area contributed by atoms with Gasteiger partial charge < -0.3 is 43.4 Å². The molecule has 0 aliphatic carbocycles. The number of aliphatic hydroxyl groups is 1. The molecule has 0 amide bonds. The van der Waals surface area contributed by atoms with E-state index < -0.39 is 28.1 Å². The van der Waals surface area contributed by atoms with Gasteiger partial charge in [-0.3, -0.25) is 0 Å². The van der Waals surface area contributed by atoms with E-state index in [1.54, 1.807) is 36.0 Å². The largest absolute Gasteiger partial charge is 0.493 e. The maximum absolute atomic E-state index is 13.3. The number of carboxylic acid groups (broad SMARTS) is 1. The zero-order valence-corrected chi connectivity index (χ0v) is 44.7. The average Bonchev–Trinajstić information content (AvgIpc) is 3.31. The SMILES string of the molecule is COCOc1ccc(OCCCN=[N+]=[N-])c(CSc2ccccc2)c1C(=O)O.COCOc1ccc(OCCCN=[N+]=[N-])c(CSc2ccccc2)c1C(=O)OCC[Si](C)(C)C.C[Si](C)(C)CCO. The molecule has 0 fully saturated rings. The van der Waals surface area contributed by atoms with Crippen molar-refractivity contribution in [2.75, 3.05) is 67.3 Å². The van der Waals surface area contributed by atoms with Gasteiger partial charge in [0.25, 0.3) is 0 Å². The fourth-order valence-electron chi connectivity index (χ4n) is 5.64. The Balaban J connectivity index is 0.000000421. The van der Waals surface area contributed by atoms with Crippen molar-refractivity contribution in [3.63, 3.8) is 0 Å². The number of aliphatic hydroxyl groups excluding tert-OH is 1. The Hall–Kier alpha value is -5.35. The van der Waals surface area contributed by atoms with Crippen LogP contribution in [0.25, 0.3) is 20.9 Å². The Labute approximate surface area is 416 Å². The van der Waals surface area contributed by atoms with E-state index >= 15 is 0 Å². The minimum absolute atomic E-state index is 0.00677. The number of thioether (sulfide) groups is 2. The third-order valence-electron chi connectivity index (χ3n) is 9.19. The molecular weight excluding hydrogens is 957 g/mol. The van der Waals surface area contributed by atoms with Gasteiger partial charge in [0.1, 0.15) is 34.1 Å². The van der Waals surface area contributed by atoms with Crippen LogP contribution in [0, 0.1) is 0 Å². The molecule has 0 unspecified atom stereocenters. The molecule has 0 bridgehead atoms. The summed E-state index contributed by atoms with van der Waals surface area (Å²) >= 11 is 3.10. The lowest BCUT2D eigenvalue weighted by Gasteiger charge is -2.20. The zero-order valence-electron chi connectivity index (χ0n) is 41.1. The molecule has 0 saturated heterocycles. The highest BCUT2D eigenvalue weighted by Crippen LogP contribution is 2.38. The van der Waals surface area contributed by atoms with Gasteiger partial charge in [0.2, 0.25) is 0 Å². The predicted molar refractivity (Wildman–Crippen MR) is 279 cm³/mol. The van der Waals surface area contributed by atoms with E-state index in [9.17, 15) is 14.7 Å². The lowest BCUT2D eigenvalue weighted by molar-refractivity contribution is 0.0434. The van der Waals surface area contributed by atoms with Gasteiger partial charge in [-0.2, -0.15) is 0 Å². The molecule has 0 spiro atoms. The summed E-state index contributed by atoms with van der Waals surface area (Å²) in [6.07, 6.45) is 1.09. The van der Waals surface area contributed by atoms with Crippen LogP contribution in [0.2, 0.25) is 51.4 Å². The van der Waals surface area contributed by atoms with Gasteiger partial charge in [-0.25, -0.2) is 9.59 Å². The van der Waals surface area contributed by atoms with Crippen molar-refractivity contribution in [2.45, 2.75) is 85.5 Å². The van der Waals surface area contributed by atoms with Crippen molar-refractivity contribution in [1.29, 1.82) is 0 Å². The Morgan fingerprint density at radius 2 is 1.01 bits per heavy atom. The van der Waals surface area contributed by atoms with Crippen molar-refractivity contribution >= 4 is 51.6 Å². The van der Waals surface area contributed by atoms with E-state index in [-0.39, 0.29) is 24.9 Å². The number of carbonyl (C=O) groups is 2. The molecule has 0 atom stereocenters. The molecule has 0 radical (unpaired) electrons. The number of esters is 1.